The predicted octanol–water partition coefficient (Wildman–Crippen LogP) is 4.84. The smallest absolute Gasteiger partial charge is 0.305 e. The molecule has 0 amide bonds. The third-order valence-electron chi connectivity index (χ3n) is 8.35. The van der Waals surface area contributed by atoms with Crippen molar-refractivity contribution in [3.8, 4) is 0 Å². The highest BCUT2D eigenvalue weighted by Gasteiger charge is 2.58. The number of ketones is 1. The van der Waals surface area contributed by atoms with Gasteiger partial charge in [0.15, 0.2) is 0 Å². The average Bonchev–Trinajstić information content (AvgIpc) is 2.90. The van der Waals surface area contributed by atoms with Gasteiger partial charge in [-0.1, -0.05) is 32.4 Å². The van der Waals surface area contributed by atoms with Crippen molar-refractivity contribution in [1.29, 1.82) is 0 Å². The Kier molecular flexibility index (Phi) is 4.12. The highest BCUT2D eigenvalue weighted by molar-refractivity contribution is 5.87. The summed E-state index contributed by atoms with van der Waals surface area (Å²) in [7, 11) is 0. The number of allylic oxidation sites excluding steroid dienone is 1. The van der Waals surface area contributed by atoms with Gasteiger partial charge in [-0.05, 0) is 61.7 Å². The van der Waals surface area contributed by atoms with Crippen LogP contribution < -0.4 is 0 Å². The number of ether oxygens (including phenoxy) is 1. The second kappa shape index (κ2) is 5.96. The molecular formula is C22H32O3. The van der Waals surface area contributed by atoms with Crippen LogP contribution in [-0.4, -0.2) is 17.9 Å². The van der Waals surface area contributed by atoms with E-state index >= 15 is 0 Å². The summed E-state index contributed by atoms with van der Waals surface area (Å²) in [5.41, 5.74) is 1.74. The minimum Gasteiger partial charge on any atom is -0.462 e. The first kappa shape index (κ1) is 17.3. The van der Waals surface area contributed by atoms with Gasteiger partial charge in [0.1, 0.15) is 11.9 Å². The van der Waals surface area contributed by atoms with Gasteiger partial charge >= 0.3 is 5.97 Å². The fourth-order valence-electron chi connectivity index (χ4n) is 6.77. The molecular weight excluding hydrogens is 312 g/mol. The number of esters is 1. The van der Waals surface area contributed by atoms with Crippen LogP contribution in [0.1, 0.15) is 78.6 Å². The average molecular weight is 344 g/mol. The van der Waals surface area contributed by atoms with Crippen LogP contribution in [0.2, 0.25) is 0 Å². The Labute approximate surface area is 151 Å². The van der Waals surface area contributed by atoms with Crippen LogP contribution in [0.3, 0.4) is 0 Å². The Morgan fingerprint density at radius 3 is 2.64 bits per heavy atom. The molecule has 3 heteroatoms. The molecule has 0 bridgehead atoms. The largest absolute Gasteiger partial charge is 0.462 e. The number of Topliss-reactive ketones (excluding diaryl/α,β-unsaturated/α-hetero) is 1. The van der Waals surface area contributed by atoms with Crippen LogP contribution in [0.15, 0.2) is 11.6 Å². The lowest BCUT2D eigenvalue weighted by molar-refractivity contribution is -0.151. The maximum atomic E-state index is 12.5. The normalized spacial score (nSPS) is 45.9. The van der Waals surface area contributed by atoms with Crippen LogP contribution in [0.25, 0.3) is 0 Å². The summed E-state index contributed by atoms with van der Waals surface area (Å²) in [6.45, 7) is 6.56. The van der Waals surface area contributed by atoms with Gasteiger partial charge in [0, 0.05) is 24.7 Å². The predicted molar refractivity (Wildman–Crippen MR) is 96.9 cm³/mol. The maximum absolute atomic E-state index is 12.5. The third kappa shape index (κ3) is 2.52. The molecule has 0 aromatic heterocycles. The molecule has 0 aromatic carbocycles. The third-order valence-corrected chi connectivity index (χ3v) is 8.35. The highest BCUT2D eigenvalue weighted by atomic mass is 16.5. The highest BCUT2D eigenvalue weighted by Crippen LogP contribution is 2.64. The van der Waals surface area contributed by atoms with Gasteiger partial charge in [-0.15, -0.1) is 0 Å². The molecule has 0 N–H and O–H groups in total. The molecule has 0 saturated heterocycles. The monoisotopic (exact) mass is 344 g/mol. The molecule has 3 nitrogen and oxygen atoms in total. The van der Waals surface area contributed by atoms with E-state index in [1.165, 1.54) is 12.0 Å². The first-order chi connectivity index (χ1) is 11.9. The van der Waals surface area contributed by atoms with Gasteiger partial charge in [-0.3, -0.25) is 9.59 Å². The fraction of sp³-hybridized carbons (Fsp3) is 0.818. The molecule has 0 spiro atoms. The van der Waals surface area contributed by atoms with Crippen molar-refractivity contribution >= 4 is 11.8 Å². The Hall–Kier alpha value is -1.12. The van der Waals surface area contributed by atoms with Crippen molar-refractivity contribution in [3.05, 3.63) is 11.6 Å². The van der Waals surface area contributed by atoms with Gasteiger partial charge in [-0.25, -0.2) is 0 Å². The van der Waals surface area contributed by atoms with Gasteiger partial charge in [0.25, 0.3) is 0 Å². The number of fused-ring (bicyclic) bond motifs is 5. The van der Waals surface area contributed by atoms with Crippen LogP contribution in [-0.2, 0) is 14.3 Å². The van der Waals surface area contributed by atoms with Gasteiger partial charge < -0.3 is 4.74 Å². The van der Waals surface area contributed by atoms with Crippen LogP contribution in [0, 0.1) is 28.6 Å². The zero-order valence-electron chi connectivity index (χ0n) is 16.0. The molecule has 4 aliphatic rings. The second-order valence-electron chi connectivity index (χ2n) is 9.39. The molecule has 4 rings (SSSR count). The van der Waals surface area contributed by atoms with E-state index < -0.39 is 0 Å². The lowest BCUT2D eigenvalue weighted by Crippen LogP contribution is -2.50. The van der Waals surface area contributed by atoms with E-state index in [1.807, 2.05) is 6.92 Å². The molecule has 0 unspecified atom stereocenters. The standard InChI is InChI=1S/C22H32O3/c1-4-20(24)25-15-9-11-21(2)14(13-15)5-6-16-17-7-8-19(23)22(17,3)12-10-18(16)21/h5,15-18H,4,6-13H2,1-3H3/t15-,16-,17-,18-,21+,22+/m1/s1. The zero-order chi connectivity index (χ0) is 17.8. The molecule has 4 aliphatic carbocycles. The zero-order valence-corrected chi connectivity index (χ0v) is 16.0. The Morgan fingerprint density at radius 2 is 1.88 bits per heavy atom. The van der Waals surface area contributed by atoms with Crippen LogP contribution in [0.4, 0.5) is 0 Å². The molecule has 0 heterocycles. The van der Waals surface area contributed by atoms with Crippen molar-refractivity contribution in [2.75, 3.05) is 0 Å². The summed E-state index contributed by atoms with van der Waals surface area (Å²) in [6, 6.07) is 0. The topological polar surface area (TPSA) is 43.4 Å². The summed E-state index contributed by atoms with van der Waals surface area (Å²) in [6.07, 6.45) is 11.3. The van der Waals surface area contributed by atoms with Crippen LogP contribution in [0.5, 0.6) is 0 Å². The summed E-state index contributed by atoms with van der Waals surface area (Å²) in [4.78, 5) is 24.1. The second-order valence-corrected chi connectivity index (χ2v) is 9.39. The molecule has 0 aliphatic heterocycles. The van der Waals surface area contributed by atoms with E-state index in [9.17, 15) is 9.59 Å². The van der Waals surface area contributed by atoms with E-state index in [1.54, 1.807) is 0 Å². The van der Waals surface area contributed by atoms with Crippen LogP contribution >= 0.6 is 0 Å². The van der Waals surface area contributed by atoms with Crippen molar-refractivity contribution < 1.29 is 14.3 Å². The van der Waals surface area contributed by atoms with E-state index in [0.717, 1.165) is 44.9 Å². The lowest BCUT2D eigenvalue weighted by Gasteiger charge is -2.56. The fourth-order valence-corrected chi connectivity index (χ4v) is 6.77. The first-order valence-electron chi connectivity index (χ1n) is 10.3. The van der Waals surface area contributed by atoms with Crippen molar-refractivity contribution in [2.45, 2.75) is 84.7 Å². The lowest BCUT2D eigenvalue weighted by atomic mass is 9.48. The Bertz CT molecular complexity index is 621. The molecule has 138 valence electrons. The molecule has 25 heavy (non-hydrogen) atoms. The van der Waals surface area contributed by atoms with Gasteiger partial charge in [0.2, 0.25) is 0 Å². The quantitative estimate of drug-likeness (QED) is 0.532. The summed E-state index contributed by atoms with van der Waals surface area (Å²) in [5, 5.41) is 0. The van der Waals surface area contributed by atoms with E-state index in [0.29, 0.717) is 30.0 Å². The van der Waals surface area contributed by atoms with Gasteiger partial charge in [0.05, 0.1) is 0 Å². The summed E-state index contributed by atoms with van der Waals surface area (Å²) < 4.78 is 5.65. The molecule has 3 saturated carbocycles. The maximum Gasteiger partial charge on any atom is 0.305 e. The number of carbonyl (C=O) groups excluding carboxylic acids is 2. The van der Waals surface area contributed by atoms with E-state index in [4.69, 9.17) is 4.74 Å². The van der Waals surface area contributed by atoms with Crippen molar-refractivity contribution in [1.82, 2.24) is 0 Å². The summed E-state index contributed by atoms with van der Waals surface area (Å²) in [5.74, 6) is 2.42. The number of rotatable bonds is 2. The molecule has 0 radical (unpaired) electrons. The molecule has 0 aromatic rings. The van der Waals surface area contributed by atoms with Crippen molar-refractivity contribution in [2.24, 2.45) is 28.6 Å². The minimum absolute atomic E-state index is 0.0449. The molecule has 3 fully saturated rings. The Balaban J connectivity index is 1.56. The first-order valence-corrected chi connectivity index (χ1v) is 10.3. The number of hydrogen-bond donors (Lipinski definition) is 0. The van der Waals surface area contributed by atoms with E-state index in [-0.39, 0.29) is 22.9 Å². The minimum atomic E-state index is -0.0687. The Morgan fingerprint density at radius 1 is 1.16 bits per heavy atom. The SMILES string of the molecule is CCC(=O)O[C@@H]1CC[C@@]2(C)C(=CC[C@H]3[C@H]2CC[C@]2(C)C(=O)CC[C@H]32)C1. The summed E-state index contributed by atoms with van der Waals surface area (Å²) >= 11 is 0. The molecule has 6 atom stereocenters. The number of hydrogen-bond acceptors (Lipinski definition) is 3. The van der Waals surface area contributed by atoms with E-state index in [2.05, 4.69) is 19.9 Å². The number of carbonyl (C=O) groups is 2. The van der Waals surface area contributed by atoms with Gasteiger partial charge in [-0.2, -0.15) is 0 Å². The van der Waals surface area contributed by atoms with Crippen molar-refractivity contribution in [3.63, 3.8) is 0 Å².